The van der Waals surface area contributed by atoms with Crippen molar-refractivity contribution >= 4 is 11.9 Å². The Bertz CT molecular complexity index is 726. The minimum absolute atomic E-state index is 0.0513. The van der Waals surface area contributed by atoms with Crippen LogP contribution in [0.3, 0.4) is 0 Å². The molecule has 132 valence electrons. The van der Waals surface area contributed by atoms with Crippen LogP contribution in [-0.2, 0) is 4.79 Å². The predicted molar refractivity (Wildman–Crippen MR) is 95.4 cm³/mol. The first kappa shape index (κ1) is 17.1. The fourth-order valence-corrected chi connectivity index (χ4v) is 2.68. The monoisotopic (exact) mass is 341 g/mol. The molecule has 1 aliphatic heterocycles. The van der Waals surface area contributed by atoms with E-state index in [9.17, 15) is 4.79 Å². The Morgan fingerprint density at radius 2 is 2.20 bits per heavy atom. The third kappa shape index (κ3) is 4.42. The molecule has 2 heterocycles. The number of hydrogen-bond acceptors (Lipinski definition) is 6. The first-order chi connectivity index (χ1) is 12.3. The van der Waals surface area contributed by atoms with Gasteiger partial charge in [0.05, 0.1) is 5.69 Å². The SMILES string of the molecule is CCC(Nc1nnnn1-c1ccccc1)C(=O)NCC1=CCNCC1. The van der Waals surface area contributed by atoms with Gasteiger partial charge in [0.25, 0.3) is 0 Å². The molecule has 0 spiro atoms. The maximum atomic E-state index is 12.5. The Morgan fingerprint density at radius 3 is 2.92 bits per heavy atom. The van der Waals surface area contributed by atoms with E-state index in [2.05, 4.69) is 37.6 Å². The van der Waals surface area contributed by atoms with E-state index in [4.69, 9.17) is 0 Å². The summed E-state index contributed by atoms with van der Waals surface area (Å²) in [6, 6.07) is 9.18. The number of benzene rings is 1. The minimum atomic E-state index is -0.393. The molecule has 2 aromatic rings. The molecule has 8 heteroatoms. The fourth-order valence-electron chi connectivity index (χ4n) is 2.68. The second-order valence-corrected chi connectivity index (χ2v) is 5.89. The van der Waals surface area contributed by atoms with Gasteiger partial charge in [-0.3, -0.25) is 4.79 Å². The second kappa shape index (κ2) is 8.39. The maximum Gasteiger partial charge on any atom is 0.248 e. The van der Waals surface area contributed by atoms with Gasteiger partial charge in [-0.25, -0.2) is 0 Å². The van der Waals surface area contributed by atoms with Crippen LogP contribution < -0.4 is 16.0 Å². The number of amides is 1. The normalized spacial score (nSPS) is 15.3. The van der Waals surface area contributed by atoms with Gasteiger partial charge in [0, 0.05) is 13.1 Å². The third-order valence-corrected chi connectivity index (χ3v) is 4.15. The Hall–Kier alpha value is -2.74. The lowest BCUT2D eigenvalue weighted by Crippen LogP contribution is -2.41. The molecule has 3 rings (SSSR count). The Labute approximate surface area is 146 Å². The van der Waals surface area contributed by atoms with Crippen LogP contribution in [0.4, 0.5) is 5.95 Å². The van der Waals surface area contributed by atoms with Crippen molar-refractivity contribution in [1.29, 1.82) is 0 Å². The van der Waals surface area contributed by atoms with Gasteiger partial charge in [0.1, 0.15) is 6.04 Å². The number of nitrogens with one attached hydrogen (secondary N) is 3. The minimum Gasteiger partial charge on any atom is -0.351 e. The lowest BCUT2D eigenvalue weighted by atomic mass is 10.1. The zero-order valence-electron chi connectivity index (χ0n) is 14.3. The van der Waals surface area contributed by atoms with Crippen molar-refractivity contribution in [2.45, 2.75) is 25.8 Å². The summed E-state index contributed by atoms with van der Waals surface area (Å²) in [5.41, 5.74) is 2.10. The predicted octanol–water partition coefficient (Wildman–Crippen LogP) is 0.889. The summed E-state index contributed by atoms with van der Waals surface area (Å²) in [6.07, 6.45) is 3.74. The van der Waals surface area contributed by atoms with E-state index in [0.29, 0.717) is 18.9 Å². The summed E-state index contributed by atoms with van der Waals surface area (Å²) >= 11 is 0. The van der Waals surface area contributed by atoms with Crippen molar-refractivity contribution in [1.82, 2.24) is 30.8 Å². The van der Waals surface area contributed by atoms with Gasteiger partial charge in [-0.2, -0.15) is 4.68 Å². The number of carbonyl (C=O) groups excluding carboxylic acids is 1. The number of aromatic nitrogens is 4. The molecule has 8 nitrogen and oxygen atoms in total. The van der Waals surface area contributed by atoms with E-state index >= 15 is 0 Å². The fraction of sp³-hybridized carbons (Fsp3) is 0.412. The van der Waals surface area contributed by atoms with E-state index in [-0.39, 0.29) is 5.91 Å². The van der Waals surface area contributed by atoms with E-state index in [0.717, 1.165) is 25.2 Å². The highest BCUT2D eigenvalue weighted by molar-refractivity contribution is 5.84. The zero-order valence-corrected chi connectivity index (χ0v) is 14.3. The van der Waals surface area contributed by atoms with Gasteiger partial charge in [0.15, 0.2) is 0 Å². The number of anilines is 1. The van der Waals surface area contributed by atoms with Gasteiger partial charge in [-0.15, -0.1) is 0 Å². The van der Waals surface area contributed by atoms with Crippen molar-refractivity contribution in [2.24, 2.45) is 0 Å². The van der Waals surface area contributed by atoms with E-state index < -0.39 is 6.04 Å². The quantitative estimate of drug-likeness (QED) is 0.647. The van der Waals surface area contributed by atoms with E-state index in [1.54, 1.807) is 4.68 Å². The molecular formula is C17H23N7O. The number of rotatable bonds is 7. The summed E-state index contributed by atoms with van der Waals surface area (Å²) in [6.45, 7) is 4.37. The van der Waals surface area contributed by atoms with Gasteiger partial charge in [0.2, 0.25) is 11.9 Å². The van der Waals surface area contributed by atoms with Gasteiger partial charge < -0.3 is 16.0 Å². The van der Waals surface area contributed by atoms with Crippen LogP contribution in [-0.4, -0.2) is 51.8 Å². The first-order valence-corrected chi connectivity index (χ1v) is 8.54. The molecule has 1 aromatic carbocycles. The van der Waals surface area contributed by atoms with Crippen LogP contribution in [0, 0.1) is 0 Å². The summed E-state index contributed by atoms with van der Waals surface area (Å²) in [5, 5.41) is 21.1. The van der Waals surface area contributed by atoms with Crippen LogP contribution in [0.15, 0.2) is 42.0 Å². The largest absolute Gasteiger partial charge is 0.351 e. The van der Waals surface area contributed by atoms with Crippen molar-refractivity contribution in [3.8, 4) is 5.69 Å². The van der Waals surface area contributed by atoms with Crippen LogP contribution >= 0.6 is 0 Å². The summed E-state index contributed by atoms with van der Waals surface area (Å²) < 4.78 is 1.59. The molecule has 1 amide bonds. The van der Waals surface area contributed by atoms with E-state index in [1.807, 2.05) is 37.3 Å². The van der Waals surface area contributed by atoms with Crippen molar-refractivity contribution in [3.63, 3.8) is 0 Å². The Morgan fingerprint density at radius 1 is 1.36 bits per heavy atom. The number of para-hydroxylation sites is 1. The Kier molecular flexibility index (Phi) is 5.73. The smallest absolute Gasteiger partial charge is 0.248 e. The molecule has 0 bridgehead atoms. The van der Waals surface area contributed by atoms with Gasteiger partial charge >= 0.3 is 0 Å². The highest BCUT2D eigenvalue weighted by atomic mass is 16.2. The summed E-state index contributed by atoms with van der Waals surface area (Å²) in [7, 11) is 0. The number of carbonyl (C=O) groups is 1. The van der Waals surface area contributed by atoms with Gasteiger partial charge in [-0.1, -0.05) is 41.9 Å². The molecule has 1 atom stereocenters. The molecule has 0 saturated carbocycles. The lowest BCUT2D eigenvalue weighted by molar-refractivity contribution is -0.121. The van der Waals surface area contributed by atoms with Crippen molar-refractivity contribution < 1.29 is 4.79 Å². The van der Waals surface area contributed by atoms with Crippen LogP contribution in [0.5, 0.6) is 0 Å². The van der Waals surface area contributed by atoms with E-state index in [1.165, 1.54) is 5.57 Å². The maximum absolute atomic E-state index is 12.5. The molecule has 1 unspecified atom stereocenters. The van der Waals surface area contributed by atoms with Crippen molar-refractivity contribution in [3.05, 3.63) is 42.0 Å². The average molecular weight is 341 g/mol. The molecule has 1 aromatic heterocycles. The summed E-state index contributed by atoms with van der Waals surface area (Å²) in [5.74, 6) is 0.402. The van der Waals surface area contributed by atoms with Crippen molar-refractivity contribution in [2.75, 3.05) is 25.0 Å². The molecular weight excluding hydrogens is 318 g/mol. The topological polar surface area (TPSA) is 96.8 Å². The second-order valence-electron chi connectivity index (χ2n) is 5.89. The van der Waals surface area contributed by atoms with Crippen LogP contribution in [0.25, 0.3) is 5.69 Å². The molecule has 3 N–H and O–H groups in total. The molecule has 0 radical (unpaired) electrons. The first-order valence-electron chi connectivity index (χ1n) is 8.54. The molecule has 0 fully saturated rings. The standard InChI is InChI=1S/C17H23N7O/c1-2-15(16(25)19-12-13-8-10-18-11-9-13)20-17-21-22-23-24(17)14-6-4-3-5-7-14/h3-8,15,18H,2,9-12H2,1H3,(H,19,25)(H,20,21,23). The average Bonchev–Trinajstić information content (AvgIpc) is 3.14. The summed E-state index contributed by atoms with van der Waals surface area (Å²) in [4.78, 5) is 12.5. The molecule has 0 saturated heterocycles. The highest BCUT2D eigenvalue weighted by Gasteiger charge is 2.20. The zero-order chi connectivity index (χ0) is 17.5. The number of hydrogen-bond donors (Lipinski definition) is 3. The molecule has 1 aliphatic rings. The lowest BCUT2D eigenvalue weighted by Gasteiger charge is -2.19. The number of tetrazole rings is 1. The third-order valence-electron chi connectivity index (χ3n) is 4.15. The molecule has 0 aliphatic carbocycles. The van der Waals surface area contributed by atoms with Gasteiger partial charge in [-0.05, 0) is 41.9 Å². The number of nitrogens with zero attached hydrogens (tertiary/aromatic N) is 4. The Balaban J connectivity index is 1.63. The van der Waals surface area contributed by atoms with Crippen LogP contribution in [0.1, 0.15) is 19.8 Å². The highest BCUT2D eigenvalue weighted by Crippen LogP contribution is 2.12. The van der Waals surface area contributed by atoms with Crippen LogP contribution in [0.2, 0.25) is 0 Å². The molecule has 25 heavy (non-hydrogen) atoms.